The maximum Gasteiger partial charge on any atom is 0.270 e. The number of halogens is 1. The number of piperidine rings is 1. The van der Waals surface area contributed by atoms with E-state index in [4.69, 9.17) is 11.6 Å². The average Bonchev–Trinajstić information content (AvgIpc) is 3.13. The molecule has 2 aliphatic rings. The molecule has 18 heavy (non-hydrogen) atoms. The van der Waals surface area contributed by atoms with Gasteiger partial charge in [-0.05, 0) is 31.7 Å². The first-order valence-electron chi connectivity index (χ1n) is 6.50. The SMILES string of the molecule is O=C(c1cc(Cl)cn1C1CC1)N1CCC(O)CC1. The van der Waals surface area contributed by atoms with Gasteiger partial charge in [-0.25, -0.2) is 0 Å². The molecule has 1 aromatic heterocycles. The molecule has 0 unspecified atom stereocenters. The van der Waals surface area contributed by atoms with Crippen molar-refractivity contribution in [3.63, 3.8) is 0 Å². The Morgan fingerprint density at radius 3 is 2.56 bits per heavy atom. The number of nitrogens with zero attached hydrogens (tertiary/aromatic N) is 2. The van der Waals surface area contributed by atoms with Gasteiger partial charge in [-0.15, -0.1) is 0 Å². The van der Waals surface area contributed by atoms with E-state index in [0.717, 1.165) is 12.8 Å². The van der Waals surface area contributed by atoms with Crippen molar-refractivity contribution < 1.29 is 9.90 Å². The van der Waals surface area contributed by atoms with Crippen molar-refractivity contribution >= 4 is 17.5 Å². The van der Waals surface area contributed by atoms with E-state index < -0.39 is 0 Å². The summed E-state index contributed by atoms with van der Waals surface area (Å²) in [5, 5.41) is 10.1. The third-order valence-electron chi connectivity index (χ3n) is 3.73. The largest absolute Gasteiger partial charge is 0.393 e. The highest BCUT2D eigenvalue weighted by atomic mass is 35.5. The molecule has 1 saturated carbocycles. The molecule has 2 fully saturated rings. The Morgan fingerprint density at radius 2 is 1.94 bits per heavy atom. The van der Waals surface area contributed by atoms with Crippen molar-refractivity contribution in [1.29, 1.82) is 0 Å². The van der Waals surface area contributed by atoms with Gasteiger partial charge in [0, 0.05) is 25.3 Å². The second-order valence-electron chi connectivity index (χ2n) is 5.21. The van der Waals surface area contributed by atoms with Crippen molar-refractivity contribution in [2.75, 3.05) is 13.1 Å². The van der Waals surface area contributed by atoms with Gasteiger partial charge >= 0.3 is 0 Å². The van der Waals surface area contributed by atoms with E-state index in [1.54, 1.807) is 6.07 Å². The maximum atomic E-state index is 12.4. The molecule has 0 aromatic carbocycles. The van der Waals surface area contributed by atoms with E-state index in [1.807, 2.05) is 15.7 Å². The maximum absolute atomic E-state index is 12.4. The van der Waals surface area contributed by atoms with Crippen LogP contribution in [0, 0.1) is 0 Å². The number of amides is 1. The first-order valence-corrected chi connectivity index (χ1v) is 6.87. The summed E-state index contributed by atoms with van der Waals surface area (Å²) in [5.74, 6) is 0.0423. The van der Waals surface area contributed by atoms with Gasteiger partial charge in [0.1, 0.15) is 5.69 Å². The van der Waals surface area contributed by atoms with Crippen LogP contribution in [0.4, 0.5) is 0 Å². The molecule has 1 saturated heterocycles. The summed E-state index contributed by atoms with van der Waals surface area (Å²) < 4.78 is 2.01. The van der Waals surface area contributed by atoms with Gasteiger partial charge in [-0.2, -0.15) is 0 Å². The third kappa shape index (κ3) is 2.27. The molecular weight excluding hydrogens is 252 g/mol. The van der Waals surface area contributed by atoms with Gasteiger partial charge < -0.3 is 14.6 Å². The van der Waals surface area contributed by atoms with Crippen LogP contribution in [0.25, 0.3) is 0 Å². The number of rotatable bonds is 2. The van der Waals surface area contributed by atoms with Crippen LogP contribution in [-0.4, -0.2) is 39.7 Å². The molecule has 1 aromatic rings. The van der Waals surface area contributed by atoms with Gasteiger partial charge in [-0.1, -0.05) is 11.6 Å². The molecule has 3 rings (SSSR count). The first-order chi connectivity index (χ1) is 8.65. The van der Waals surface area contributed by atoms with Crippen LogP contribution < -0.4 is 0 Å². The number of carbonyl (C=O) groups is 1. The lowest BCUT2D eigenvalue weighted by molar-refractivity contribution is 0.0537. The lowest BCUT2D eigenvalue weighted by Gasteiger charge is -2.29. The molecule has 1 N–H and O–H groups in total. The fourth-order valence-corrected chi connectivity index (χ4v) is 2.71. The standard InChI is InChI=1S/C13H17ClN2O2/c14-9-7-12(16(8-9)10-1-2-10)13(18)15-5-3-11(17)4-6-15/h7-8,10-11,17H,1-6H2. The smallest absolute Gasteiger partial charge is 0.270 e. The first kappa shape index (κ1) is 12.1. The molecule has 0 radical (unpaired) electrons. The van der Waals surface area contributed by atoms with E-state index in [-0.39, 0.29) is 12.0 Å². The summed E-state index contributed by atoms with van der Waals surface area (Å²) in [6.07, 6.45) is 5.19. The zero-order chi connectivity index (χ0) is 12.7. The molecule has 1 amide bonds. The number of aliphatic hydroxyl groups is 1. The van der Waals surface area contributed by atoms with Crippen molar-refractivity contribution in [3.05, 3.63) is 23.0 Å². The number of likely N-dealkylation sites (tertiary alicyclic amines) is 1. The monoisotopic (exact) mass is 268 g/mol. The lowest BCUT2D eigenvalue weighted by Crippen LogP contribution is -2.40. The molecule has 0 spiro atoms. The van der Waals surface area contributed by atoms with Crippen LogP contribution in [-0.2, 0) is 0 Å². The van der Waals surface area contributed by atoms with Crippen LogP contribution in [0.15, 0.2) is 12.3 Å². The Bertz CT molecular complexity index is 460. The number of hydrogen-bond acceptors (Lipinski definition) is 2. The number of hydrogen-bond donors (Lipinski definition) is 1. The Labute approximate surface area is 111 Å². The highest BCUT2D eigenvalue weighted by Crippen LogP contribution is 2.37. The molecule has 0 atom stereocenters. The van der Waals surface area contributed by atoms with Gasteiger partial charge in [0.15, 0.2) is 0 Å². The van der Waals surface area contributed by atoms with Gasteiger partial charge in [0.05, 0.1) is 11.1 Å². The summed E-state index contributed by atoms with van der Waals surface area (Å²) in [7, 11) is 0. The van der Waals surface area contributed by atoms with Crippen molar-refractivity contribution in [3.8, 4) is 0 Å². The number of carbonyl (C=O) groups excluding carboxylic acids is 1. The van der Waals surface area contributed by atoms with Crippen LogP contribution in [0.2, 0.25) is 5.02 Å². The van der Waals surface area contributed by atoms with Crippen LogP contribution in [0.3, 0.4) is 0 Å². The fraction of sp³-hybridized carbons (Fsp3) is 0.615. The number of aromatic nitrogens is 1. The molecule has 4 nitrogen and oxygen atoms in total. The van der Waals surface area contributed by atoms with Crippen molar-refractivity contribution in [2.24, 2.45) is 0 Å². The van der Waals surface area contributed by atoms with Crippen LogP contribution in [0.5, 0.6) is 0 Å². The Morgan fingerprint density at radius 1 is 1.28 bits per heavy atom. The van der Waals surface area contributed by atoms with Crippen molar-refractivity contribution in [1.82, 2.24) is 9.47 Å². The molecule has 0 bridgehead atoms. The Kier molecular flexibility index (Phi) is 3.08. The molecule has 1 aliphatic carbocycles. The van der Waals surface area contributed by atoms with Crippen molar-refractivity contribution in [2.45, 2.75) is 37.8 Å². The molecule has 98 valence electrons. The van der Waals surface area contributed by atoms with E-state index in [1.165, 1.54) is 0 Å². The van der Waals surface area contributed by atoms with E-state index in [9.17, 15) is 9.90 Å². The summed E-state index contributed by atoms with van der Waals surface area (Å²) >= 11 is 6.01. The van der Waals surface area contributed by atoms with Gasteiger partial charge in [0.2, 0.25) is 0 Å². The van der Waals surface area contributed by atoms with Crippen LogP contribution in [0.1, 0.15) is 42.2 Å². The predicted molar refractivity (Wildman–Crippen MR) is 68.9 cm³/mol. The molecule has 2 heterocycles. The van der Waals surface area contributed by atoms with E-state index >= 15 is 0 Å². The average molecular weight is 269 g/mol. The normalized spacial score (nSPS) is 21.3. The quantitative estimate of drug-likeness (QED) is 0.893. The topological polar surface area (TPSA) is 45.5 Å². The molecule has 1 aliphatic heterocycles. The third-order valence-corrected chi connectivity index (χ3v) is 3.93. The molecular formula is C13H17ClN2O2. The minimum atomic E-state index is -0.257. The highest BCUT2D eigenvalue weighted by Gasteiger charge is 2.30. The summed E-state index contributed by atoms with van der Waals surface area (Å²) in [4.78, 5) is 14.3. The highest BCUT2D eigenvalue weighted by molar-refractivity contribution is 6.31. The Balaban J connectivity index is 1.79. The Hall–Kier alpha value is -1.00. The minimum Gasteiger partial charge on any atom is -0.393 e. The minimum absolute atomic E-state index is 0.0423. The van der Waals surface area contributed by atoms with E-state index in [0.29, 0.717) is 42.7 Å². The summed E-state index contributed by atoms with van der Waals surface area (Å²) in [6, 6.07) is 2.21. The van der Waals surface area contributed by atoms with Gasteiger partial charge in [0.25, 0.3) is 5.91 Å². The van der Waals surface area contributed by atoms with Crippen LogP contribution >= 0.6 is 11.6 Å². The zero-order valence-electron chi connectivity index (χ0n) is 10.2. The fourth-order valence-electron chi connectivity index (χ4n) is 2.50. The second kappa shape index (κ2) is 4.59. The van der Waals surface area contributed by atoms with E-state index in [2.05, 4.69) is 0 Å². The summed E-state index contributed by atoms with van der Waals surface area (Å²) in [5.41, 5.74) is 0.693. The summed E-state index contributed by atoms with van der Waals surface area (Å²) in [6.45, 7) is 1.26. The lowest BCUT2D eigenvalue weighted by atomic mass is 10.1. The predicted octanol–water partition coefficient (Wildman–Crippen LogP) is 2.07. The zero-order valence-corrected chi connectivity index (χ0v) is 10.9. The van der Waals surface area contributed by atoms with Gasteiger partial charge in [-0.3, -0.25) is 4.79 Å². The molecule has 5 heteroatoms. The second-order valence-corrected chi connectivity index (χ2v) is 5.64. The number of aliphatic hydroxyl groups excluding tert-OH is 1.